The van der Waals surface area contributed by atoms with E-state index in [-0.39, 0.29) is 0 Å². The van der Waals surface area contributed by atoms with Crippen LogP contribution < -0.4 is 10.1 Å². The standard InChI is InChI=1S/C12H13N3O/c1-9-11(4-3-6-14-9)16-10-5-7-15-12(8-10)13-2/h3-8H,1-2H3,(H,13,15). The Labute approximate surface area is 94.3 Å². The monoisotopic (exact) mass is 215 g/mol. The van der Waals surface area contributed by atoms with E-state index in [2.05, 4.69) is 15.3 Å². The second-order valence-electron chi connectivity index (χ2n) is 3.32. The molecule has 4 heteroatoms. The molecule has 0 atom stereocenters. The number of anilines is 1. The van der Waals surface area contributed by atoms with Gasteiger partial charge in [0.05, 0.1) is 5.69 Å². The molecule has 16 heavy (non-hydrogen) atoms. The number of nitrogens with zero attached hydrogens (tertiary/aromatic N) is 2. The predicted octanol–water partition coefficient (Wildman–Crippen LogP) is 2.62. The number of pyridine rings is 2. The molecule has 0 unspecified atom stereocenters. The Morgan fingerprint density at radius 2 is 2.06 bits per heavy atom. The second kappa shape index (κ2) is 4.61. The average Bonchev–Trinajstić information content (AvgIpc) is 2.32. The van der Waals surface area contributed by atoms with Crippen LogP contribution in [0.5, 0.6) is 11.5 Å². The zero-order chi connectivity index (χ0) is 11.4. The predicted molar refractivity (Wildman–Crippen MR) is 62.8 cm³/mol. The quantitative estimate of drug-likeness (QED) is 0.855. The first-order chi connectivity index (χ1) is 7.79. The number of aryl methyl sites for hydroxylation is 1. The van der Waals surface area contributed by atoms with E-state index < -0.39 is 0 Å². The normalized spacial score (nSPS) is 9.88. The van der Waals surface area contributed by atoms with Crippen molar-refractivity contribution in [3.63, 3.8) is 0 Å². The molecule has 0 radical (unpaired) electrons. The van der Waals surface area contributed by atoms with Crippen molar-refractivity contribution in [1.82, 2.24) is 9.97 Å². The van der Waals surface area contributed by atoms with Gasteiger partial charge in [0, 0.05) is 25.5 Å². The van der Waals surface area contributed by atoms with Gasteiger partial charge in [-0.2, -0.15) is 0 Å². The fourth-order valence-corrected chi connectivity index (χ4v) is 1.32. The molecule has 0 aliphatic rings. The van der Waals surface area contributed by atoms with Gasteiger partial charge < -0.3 is 10.1 Å². The number of ether oxygens (including phenoxy) is 1. The van der Waals surface area contributed by atoms with Gasteiger partial charge in [0.15, 0.2) is 0 Å². The molecule has 82 valence electrons. The fourth-order valence-electron chi connectivity index (χ4n) is 1.32. The largest absolute Gasteiger partial charge is 0.455 e. The third kappa shape index (κ3) is 2.28. The molecule has 0 amide bonds. The Hall–Kier alpha value is -2.10. The van der Waals surface area contributed by atoms with Crippen LogP contribution in [0.4, 0.5) is 5.82 Å². The molecule has 0 aromatic carbocycles. The lowest BCUT2D eigenvalue weighted by Crippen LogP contribution is -1.93. The minimum Gasteiger partial charge on any atom is -0.455 e. The number of hydrogen-bond donors (Lipinski definition) is 1. The molecule has 0 bridgehead atoms. The Kier molecular flexibility index (Phi) is 3.00. The summed E-state index contributed by atoms with van der Waals surface area (Å²) in [6.07, 6.45) is 3.45. The maximum absolute atomic E-state index is 5.71. The highest BCUT2D eigenvalue weighted by Gasteiger charge is 2.02. The van der Waals surface area contributed by atoms with E-state index in [0.29, 0.717) is 0 Å². The van der Waals surface area contributed by atoms with Crippen LogP contribution in [0.25, 0.3) is 0 Å². The second-order valence-corrected chi connectivity index (χ2v) is 3.32. The molecule has 0 aliphatic heterocycles. The lowest BCUT2D eigenvalue weighted by molar-refractivity contribution is 0.475. The summed E-state index contributed by atoms with van der Waals surface area (Å²) >= 11 is 0. The molecule has 0 saturated heterocycles. The number of rotatable bonds is 3. The van der Waals surface area contributed by atoms with Crippen molar-refractivity contribution >= 4 is 5.82 Å². The van der Waals surface area contributed by atoms with Gasteiger partial charge in [-0.05, 0) is 25.1 Å². The highest BCUT2D eigenvalue weighted by atomic mass is 16.5. The van der Waals surface area contributed by atoms with Crippen LogP contribution in [0.2, 0.25) is 0 Å². The highest BCUT2D eigenvalue weighted by Crippen LogP contribution is 2.24. The van der Waals surface area contributed by atoms with Crippen molar-refractivity contribution < 1.29 is 4.74 Å². The van der Waals surface area contributed by atoms with Gasteiger partial charge in [-0.1, -0.05) is 0 Å². The van der Waals surface area contributed by atoms with Crippen LogP contribution in [0.1, 0.15) is 5.69 Å². The summed E-state index contributed by atoms with van der Waals surface area (Å²) in [5, 5.41) is 2.96. The third-order valence-corrected chi connectivity index (χ3v) is 2.17. The Morgan fingerprint density at radius 3 is 2.81 bits per heavy atom. The summed E-state index contributed by atoms with van der Waals surface area (Å²) in [4.78, 5) is 8.28. The van der Waals surface area contributed by atoms with Crippen LogP contribution >= 0.6 is 0 Å². The Balaban J connectivity index is 2.24. The lowest BCUT2D eigenvalue weighted by atomic mass is 10.3. The van der Waals surface area contributed by atoms with E-state index in [1.54, 1.807) is 12.4 Å². The van der Waals surface area contributed by atoms with Crippen LogP contribution in [-0.2, 0) is 0 Å². The summed E-state index contributed by atoms with van der Waals surface area (Å²) in [6.45, 7) is 1.91. The Morgan fingerprint density at radius 1 is 1.19 bits per heavy atom. The van der Waals surface area contributed by atoms with Gasteiger partial charge in [-0.15, -0.1) is 0 Å². The smallest absolute Gasteiger partial charge is 0.148 e. The minimum absolute atomic E-state index is 0.746. The fraction of sp³-hybridized carbons (Fsp3) is 0.167. The zero-order valence-corrected chi connectivity index (χ0v) is 9.27. The van der Waals surface area contributed by atoms with Gasteiger partial charge in [0.1, 0.15) is 17.3 Å². The van der Waals surface area contributed by atoms with Gasteiger partial charge in [-0.3, -0.25) is 4.98 Å². The molecule has 2 aromatic heterocycles. The molecule has 2 rings (SSSR count). The summed E-state index contributed by atoms with van der Waals surface area (Å²) in [6, 6.07) is 7.39. The molecule has 1 N–H and O–H groups in total. The first kappa shape index (κ1) is 10.4. The van der Waals surface area contributed by atoms with Crippen molar-refractivity contribution in [3.05, 3.63) is 42.4 Å². The van der Waals surface area contributed by atoms with Crippen LogP contribution in [0.15, 0.2) is 36.7 Å². The summed E-state index contributed by atoms with van der Waals surface area (Å²) in [7, 11) is 1.82. The van der Waals surface area contributed by atoms with E-state index >= 15 is 0 Å². The van der Waals surface area contributed by atoms with Crippen molar-refractivity contribution in [3.8, 4) is 11.5 Å². The topological polar surface area (TPSA) is 47.0 Å². The summed E-state index contributed by atoms with van der Waals surface area (Å²) in [5.74, 6) is 2.28. The van der Waals surface area contributed by atoms with Crippen LogP contribution in [0.3, 0.4) is 0 Å². The number of hydrogen-bond acceptors (Lipinski definition) is 4. The molecule has 0 fully saturated rings. The molecule has 2 heterocycles. The van der Waals surface area contributed by atoms with Crippen molar-refractivity contribution in [2.45, 2.75) is 6.92 Å². The van der Waals surface area contributed by atoms with Crippen molar-refractivity contribution in [2.75, 3.05) is 12.4 Å². The molecule has 0 aliphatic carbocycles. The maximum atomic E-state index is 5.71. The van der Waals surface area contributed by atoms with E-state index in [9.17, 15) is 0 Å². The van der Waals surface area contributed by atoms with Crippen molar-refractivity contribution in [2.24, 2.45) is 0 Å². The average molecular weight is 215 g/mol. The summed E-state index contributed by atoms with van der Waals surface area (Å²) in [5.41, 5.74) is 0.866. The molecule has 0 spiro atoms. The Bertz CT molecular complexity index is 485. The molecular formula is C12H13N3O. The number of aromatic nitrogens is 2. The molecule has 2 aromatic rings. The minimum atomic E-state index is 0.746. The van der Waals surface area contributed by atoms with Crippen LogP contribution in [0, 0.1) is 6.92 Å². The molecule has 4 nitrogen and oxygen atoms in total. The van der Waals surface area contributed by atoms with E-state index in [1.165, 1.54) is 0 Å². The first-order valence-corrected chi connectivity index (χ1v) is 5.03. The van der Waals surface area contributed by atoms with Gasteiger partial charge in [0.25, 0.3) is 0 Å². The maximum Gasteiger partial charge on any atom is 0.148 e. The first-order valence-electron chi connectivity index (χ1n) is 5.03. The van der Waals surface area contributed by atoms with Gasteiger partial charge >= 0.3 is 0 Å². The van der Waals surface area contributed by atoms with Crippen LogP contribution in [-0.4, -0.2) is 17.0 Å². The van der Waals surface area contributed by atoms with E-state index in [4.69, 9.17) is 4.74 Å². The zero-order valence-electron chi connectivity index (χ0n) is 9.27. The lowest BCUT2D eigenvalue weighted by Gasteiger charge is -2.08. The van der Waals surface area contributed by atoms with Crippen molar-refractivity contribution in [1.29, 1.82) is 0 Å². The van der Waals surface area contributed by atoms with Gasteiger partial charge in [0.2, 0.25) is 0 Å². The number of nitrogens with one attached hydrogen (secondary N) is 1. The van der Waals surface area contributed by atoms with E-state index in [1.807, 2.05) is 38.2 Å². The molecule has 0 saturated carbocycles. The van der Waals surface area contributed by atoms with E-state index in [0.717, 1.165) is 23.0 Å². The highest BCUT2D eigenvalue weighted by molar-refractivity contribution is 5.42. The SMILES string of the molecule is CNc1cc(Oc2cccnc2C)ccn1. The third-order valence-electron chi connectivity index (χ3n) is 2.17. The molecular weight excluding hydrogens is 202 g/mol. The van der Waals surface area contributed by atoms with Gasteiger partial charge in [-0.25, -0.2) is 4.98 Å². The summed E-state index contributed by atoms with van der Waals surface area (Å²) < 4.78 is 5.71.